The van der Waals surface area contributed by atoms with Crippen molar-refractivity contribution in [1.29, 1.82) is 0 Å². The highest BCUT2D eigenvalue weighted by molar-refractivity contribution is 7.89. The number of nitrogens with one attached hydrogen (secondary N) is 1. The Bertz CT molecular complexity index is 734. The van der Waals surface area contributed by atoms with Crippen molar-refractivity contribution >= 4 is 10.0 Å². The molecule has 2 rings (SSSR count). The lowest BCUT2D eigenvalue weighted by Crippen LogP contribution is -2.23. The molecule has 0 saturated heterocycles. The zero-order chi connectivity index (χ0) is 17.0. The summed E-state index contributed by atoms with van der Waals surface area (Å²) in [6.07, 6.45) is 0.0391. The van der Waals surface area contributed by atoms with Crippen molar-refractivity contribution in [2.24, 2.45) is 0 Å². The smallest absolute Gasteiger partial charge is 0.240 e. The van der Waals surface area contributed by atoms with Gasteiger partial charge in [-0.2, -0.15) is 0 Å². The van der Waals surface area contributed by atoms with Crippen molar-refractivity contribution in [2.75, 3.05) is 0 Å². The van der Waals surface area contributed by atoms with Gasteiger partial charge in [0.15, 0.2) is 5.76 Å². The number of rotatable bonds is 7. The van der Waals surface area contributed by atoms with Gasteiger partial charge in [0, 0.05) is 6.07 Å². The van der Waals surface area contributed by atoms with Crippen LogP contribution in [0.2, 0.25) is 0 Å². The Kier molecular flexibility index (Phi) is 5.43. The van der Waals surface area contributed by atoms with E-state index in [0.29, 0.717) is 11.5 Å². The third kappa shape index (κ3) is 4.80. The first-order valence-corrected chi connectivity index (χ1v) is 8.98. The molecule has 1 aromatic heterocycles. The van der Waals surface area contributed by atoms with E-state index in [0.717, 1.165) is 5.69 Å². The maximum atomic E-state index is 12.3. The van der Waals surface area contributed by atoms with E-state index in [4.69, 9.17) is 9.26 Å². The molecule has 0 atom stereocenters. The van der Waals surface area contributed by atoms with Crippen molar-refractivity contribution in [3.8, 4) is 5.75 Å². The number of aromatic nitrogens is 1. The zero-order valence-electron chi connectivity index (χ0n) is 13.7. The van der Waals surface area contributed by atoms with Crippen LogP contribution in [0.1, 0.15) is 45.1 Å². The first-order chi connectivity index (χ1) is 10.8. The van der Waals surface area contributed by atoms with Gasteiger partial charge < -0.3 is 9.26 Å². The Morgan fingerprint density at radius 1 is 1.17 bits per heavy atom. The molecule has 0 amide bonds. The van der Waals surface area contributed by atoms with Gasteiger partial charge in [-0.1, -0.05) is 19.0 Å². The number of benzene rings is 1. The first kappa shape index (κ1) is 17.5. The Labute approximate surface area is 136 Å². The van der Waals surface area contributed by atoms with Gasteiger partial charge in [-0.3, -0.25) is 0 Å². The van der Waals surface area contributed by atoms with Crippen LogP contribution in [0.3, 0.4) is 0 Å². The largest absolute Gasteiger partial charge is 0.491 e. The van der Waals surface area contributed by atoms with Gasteiger partial charge >= 0.3 is 0 Å². The Balaban J connectivity index is 2.03. The maximum Gasteiger partial charge on any atom is 0.240 e. The SMILES string of the molecule is CC(C)Oc1ccc(S(=O)(=O)NCc2cc(C(C)C)no2)cc1. The molecule has 6 nitrogen and oxygen atoms in total. The molecule has 7 heteroatoms. The van der Waals surface area contributed by atoms with Crippen molar-refractivity contribution in [2.45, 2.75) is 51.2 Å². The maximum absolute atomic E-state index is 12.3. The van der Waals surface area contributed by atoms with Crippen molar-refractivity contribution in [3.05, 3.63) is 41.8 Å². The fraction of sp³-hybridized carbons (Fsp3) is 0.438. The van der Waals surface area contributed by atoms with E-state index in [1.54, 1.807) is 18.2 Å². The summed E-state index contributed by atoms with van der Waals surface area (Å²) in [7, 11) is -3.61. The molecule has 0 bridgehead atoms. The number of sulfonamides is 1. The minimum Gasteiger partial charge on any atom is -0.491 e. The molecule has 0 saturated carbocycles. The van der Waals surface area contributed by atoms with Gasteiger partial charge in [0.1, 0.15) is 5.75 Å². The molecule has 1 N–H and O–H groups in total. The molecule has 0 aliphatic rings. The van der Waals surface area contributed by atoms with Gasteiger partial charge in [0.2, 0.25) is 10.0 Å². The van der Waals surface area contributed by atoms with Crippen LogP contribution in [0.5, 0.6) is 5.75 Å². The van der Waals surface area contributed by atoms with E-state index in [2.05, 4.69) is 9.88 Å². The molecule has 0 aliphatic heterocycles. The minimum atomic E-state index is -3.61. The highest BCUT2D eigenvalue weighted by Crippen LogP contribution is 2.18. The standard InChI is InChI=1S/C16H22N2O4S/c1-11(2)16-9-14(22-18-16)10-17-23(19,20)15-7-5-13(6-8-15)21-12(3)4/h5-9,11-12,17H,10H2,1-4H3. The second kappa shape index (κ2) is 7.14. The number of nitrogens with zero attached hydrogens (tertiary/aromatic N) is 1. The molecule has 2 aromatic rings. The lowest BCUT2D eigenvalue weighted by Gasteiger charge is -2.10. The van der Waals surface area contributed by atoms with Crippen LogP contribution >= 0.6 is 0 Å². The van der Waals surface area contributed by atoms with Gasteiger partial charge in [-0.25, -0.2) is 13.1 Å². The van der Waals surface area contributed by atoms with Crippen molar-refractivity contribution in [1.82, 2.24) is 9.88 Å². The summed E-state index contributed by atoms with van der Waals surface area (Å²) in [5.74, 6) is 1.35. The average Bonchev–Trinajstić information content (AvgIpc) is 2.94. The van der Waals surface area contributed by atoms with Gasteiger partial charge in [-0.05, 0) is 44.0 Å². The number of ether oxygens (including phenoxy) is 1. The molecule has 0 fully saturated rings. The van der Waals surface area contributed by atoms with E-state index >= 15 is 0 Å². The number of hydrogen-bond donors (Lipinski definition) is 1. The summed E-state index contributed by atoms with van der Waals surface area (Å²) in [6, 6.07) is 8.06. The molecule has 0 unspecified atom stereocenters. The van der Waals surface area contributed by atoms with Gasteiger partial charge in [0.25, 0.3) is 0 Å². The molecular formula is C16H22N2O4S. The van der Waals surface area contributed by atoms with E-state index in [1.807, 2.05) is 27.7 Å². The second-order valence-electron chi connectivity index (χ2n) is 5.84. The van der Waals surface area contributed by atoms with E-state index in [1.165, 1.54) is 12.1 Å². The Hall–Kier alpha value is -1.86. The van der Waals surface area contributed by atoms with Crippen LogP contribution in [-0.2, 0) is 16.6 Å². The van der Waals surface area contributed by atoms with Gasteiger partial charge in [-0.15, -0.1) is 0 Å². The van der Waals surface area contributed by atoms with Gasteiger partial charge in [0.05, 0.1) is 23.2 Å². The lowest BCUT2D eigenvalue weighted by molar-refractivity contribution is 0.242. The first-order valence-electron chi connectivity index (χ1n) is 7.50. The topological polar surface area (TPSA) is 81.4 Å². The molecule has 0 radical (unpaired) electrons. The van der Waals surface area contributed by atoms with E-state index in [-0.39, 0.29) is 23.5 Å². The fourth-order valence-corrected chi connectivity index (χ4v) is 2.90. The highest BCUT2D eigenvalue weighted by atomic mass is 32.2. The summed E-state index contributed by atoms with van der Waals surface area (Å²) in [5.41, 5.74) is 0.800. The van der Waals surface area contributed by atoms with Crippen molar-refractivity contribution in [3.63, 3.8) is 0 Å². The summed E-state index contributed by atoms with van der Waals surface area (Å²) in [5, 5.41) is 3.90. The molecular weight excluding hydrogens is 316 g/mol. The van der Waals surface area contributed by atoms with Crippen LogP contribution in [0.4, 0.5) is 0 Å². The zero-order valence-corrected chi connectivity index (χ0v) is 14.6. The summed E-state index contributed by atoms with van der Waals surface area (Å²) in [4.78, 5) is 0.178. The average molecular weight is 338 g/mol. The molecule has 0 aliphatic carbocycles. The summed E-state index contributed by atoms with van der Waals surface area (Å²) in [6.45, 7) is 7.87. The third-order valence-electron chi connectivity index (χ3n) is 3.11. The molecule has 1 aromatic carbocycles. The Morgan fingerprint density at radius 3 is 2.35 bits per heavy atom. The summed E-state index contributed by atoms with van der Waals surface area (Å²) < 4.78 is 37.7. The second-order valence-corrected chi connectivity index (χ2v) is 7.60. The predicted octanol–water partition coefficient (Wildman–Crippen LogP) is 3.06. The monoisotopic (exact) mass is 338 g/mol. The molecule has 1 heterocycles. The van der Waals surface area contributed by atoms with Crippen LogP contribution in [0.25, 0.3) is 0 Å². The minimum absolute atomic E-state index is 0.0391. The van der Waals surface area contributed by atoms with E-state index < -0.39 is 10.0 Å². The Morgan fingerprint density at radius 2 is 1.83 bits per heavy atom. The summed E-state index contributed by atoms with van der Waals surface area (Å²) >= 11 is 0. The fourth-order valence-electron chi connectivity index (χ4n) is 1.90. The van der Waals surface area contributed by atoms with Crippen LogP contribution in [0, 0.1) is 0 Å². The van der Waals surface area contributed by atoms with Crippen LogP contribution in [-0.4, -0.2) is 19.7 Å². The molecule has 0 spiro atoms. The quantitative estimate of drug-likeness (QED) is 0.839. The number of hydrogen-bond acceptors (Lipinski definition) is 5. The van der Waals surface area contributed by atoms with Crippen LogP contribution in [0.15, 0.2) is 39.8 Å². The normalized spacial score (nSPS) is 12.1. The molecule has 126 valence electrons. The lowest BCUT2D eigenvalue weighted by atomic mass is 10.1. The van der Waals surface area contributed by atoms with Crippen molar-refractivity contribution < 1.29 is 17.7 Å². The van der Waals surface area contributed by atoms with E-state index in [9.17, 15) is 8.42 Å². The third-order valence-corrected chi connectivity index (χ3v) is 4.53. The highest BCUT2D eigenvalue weighted by Gasteiger charge is 2.16. The molecule has 23 heavy (non-hydrogen) atoms. The predicted molar refractivity (Wildman–Crippen MR) is 86.8 cm³/mol. The van der Waals surface area contributed by atoms with Crippen LogP contribution < -0.4 is 9.46 Å².